The number of likely N-dealkylation sites (N-methyl/N-ethyl adjacent to an activating group) is 1. The van der Waals surface area contributed by atoms with E-state index in [1.807, 2.05) is 29.2 Å². The third-order valence-electron chi connectivity index (χ3n) is 6.91. The highest BCUT2D eigenvalue weighted by atomic mass is 35.5. The zero-order chi connectivity index (χ0) is 25.5. The van der Waals surface area contributed by atoms with Gasteiger partial charge in [-0.25, -0.2) is 4.98 Å². The maximum absolute atomic E-state index is 13.3. The highest BCUT2D eigenvalue weighted by Crippen LogP contribution is 2.23. The van der Waals surface area contributed by atoms with E-state index in [0.717, 1.165) is 30.8 Å². The van der Waals surface area contributed by atoms with Crippen LogP contribution in [0.2, 0.25) is 5.02 Å². The highest BCUT2D eigenvalue weighted by molar-refractivity contribution is 6.30. The van der Waals surface area contributed by atoms with Crippen molar-refractivity contribution < 1.29 is 9.59 Å². The fraction of sp³-hybridized carbons (Fsp3) is 0.393. The third kappa shape index (κ3) is 6.74. The largest absolute Gasteiger partial charge is 0.348 e. The second-order valence-corrected chi connectivity index (χ2v) is 9.93. The molecule has 1 aromatic heterocycles. The van der Waals surface area contributed by atoms with Gasteiger partial charge in [0, 0.05) is 61.7 Å². The lowest BCUT2D eigenvalue weighted by Crippen LogP contribution is -2.46. The number of hydrogen-bond acceptors (Lipinski definition) is 4. The van der Waals surface area contributed by atoms with Crippen LogP contribution in [0.15, 0.2) is 61.1 Å². The molecule has 0 saturated carbocycles. The number of hydrogen-bond donors (Lipinski definition) is 1. The van der Waals surface area contributed by atoms with Gasteiger partial charge in [-0.05, 0) is 55.5 Å². The van der Waals surface area contributed by atoms with E-state index >= 15 is 0 Å². The monoisotopic (exact) mass is 507 g/mol. The summed E-state index contributed by atoms with van der Waals surface area (Å²) in [5.74, 6) is 0.145. The second-order valence-electron chi connectivity index (χ2n) is 9.49. The van der Waals surface area contributed by atoms with Crippen molar-refractivity contribution in [1.29, 1.82) is 0 Å². The van der Waals surface area contributed by atoms with E-state index < -0.39 is 0 Å². The number of aromatic amines is 1. The molecule has 1 aliphatic heterocycles. The Morgan fingerprint density at radius 2 is 2.03 bits per heavy atom. The summed E-state index contributed by atoms with van der Waals surface area (Å²) < 4.78 is 0. The van der Waals surface area contributed by atoms with Gasteiger partial charge in [0.05, 0.1) is 12.9 Å². The van der Waals surface area contributed by atoms with Crippen molar-refractivity contribution in [3.05, 3.63) is 82.9 Å². The molecule has 1 saturated heterocycles. The Hall–Kier alpha value is -3.16. The topological polar surface area (TPSA) is 72.5 Å². The minimum atomic E-state index is -0.0130. The van der Waals surface area contributed by atoms with E-state index in [0.29, 0.717) is 31.0 Å². The molecule has 0 bridgehead atoms. The normalized spacial score (nSPS) is 15.4. The van der Waals surface area contributed by atoms with Crippen molar-refractivity contribution in [2.75, 3.05) is 31.6 Å². The lowest BCUT2D eigenvalue weighted by atomic mass is 10.1. The van der Waals surface area contributed by atoms with Crippen LogP contribution >= 0.6 is 11.6 Å². The number of anilines is 1. The fourth-order valence-corrected chi connectivity index (χ4v) is 4.98. The van der Waals surface area contributed by atoms with Gasteiger partial charge in [-0.1, -0.05) is 41.9 Å². The van der Waals surface area contributed by atoms with Crippen LogP contribution in [0.3, 0.4) is 0 Å². The third-order valence-corrected chi connectivity index (χ3v) is 7.15. The Morgan fingerprint density at radius 1 is 1.19 bits per heavy atom. The zero-order valence-corrected chi connectivity index (χ0v) is 21.7. The SMILES string of the molecule is Cc1ccccc1CN(CC(=O)N(C)c1cccc(Cl)c1)C[C@@H]1CCCN1C(=O)CCc1cnc[nH]1. The number of benzene rings is 2. The first-order valence-corrected chi connectivity index (χ1v) is 12.8. The van der Waals surface area contributed by atoms with Gasteiger partial charge in [0.2, 0.25) is 11.8 Å². The van der Waals surface area contributed by atoms with Crippen LogP contribution in [0.25, 0.3) is 0 Å². The fourth-order valence-electron chi connectivity index (χ4n) is 4.80. The molecule has 1 atom stereocenters. The highest BCUT2D eigenvalue weighted by Gasteiger charge is 2.31. The number of aromatic nitrogens is 2. The van der Waals surface area contributed by atoms with Crippen LogP contribution < -0.4 is 4.90 Å². The lowest BCUT2D eigenvalue weighted by molar-refractivity contribution is -0.132. The van der Waals surface area contributed by atoms with Crippen molar-refractivity contribution in [3.8, 4) is 0 Å². The molecule has 2 aromatic carbocycles. The van der Waals surface area contributed by atoms with Crippen molar-refractivity contribution >= 4 is 29.1 Å². The quantitative estimate of drug-likeness (QED) is 0.439. The minimum Gasteiger partial charge on any atom is -0.348 e. The standard InChI is InChI=1S/C28H34ClN5O2/c1-21-7-3-4-8-22(21)17-33(19-28(36)32(2)25-10-5-9-23(29)15-25)18-26-11-6-14-34(26)27(35)13-12-24-16-30-20-31-24/h3-5,7-10,15-16,20,26H,6,11-14,17-19H2,1-2H3,(H,30,31)/t26-/m0/s1. The maximum atomic E-state index is 13.3. The average molecular weight is 508 g/mol. The summed E-state index contributed by atoms with van der Waals surface area (Å²) in [5.41, 5.74) is 4.11. The number of amides is 2. The van der Waals surface area contributed by atoms with E-state index in [-0.39, 0.29) is 24.4 Å². The van der Waals surface area contributed by atoms with E-state index in [4.69, 9.17) is 11.6 Å². The van der Waals surface area contributed by atoms with Gasteiger partial charge in [-0.15, -0.1) is 0 Å². The molecular weight excluding hydrogens is 474 g/mol. The molecule has 0 unspecified atom stereocenters. The molecule has 0 spiro atoms. The molecule has 1 fully saturated rings. The Morgan fingerprint density at radius 3 is 2.78 bits per heavy atom. The molecule has 3 aromatic rings. The van der Waals surface area contributed by atoms with Gasteiger partial charge in [0.25, 0.3) is 0 Å². The van der Waals surface area contributed by atoms with Crippen LogP contribution in [0.4, 0.5) is 5.69 Å². The smallest absolute Gasteiger partial charge is 0.240 e. The molecule has 7 nitrogen and oxygen atoms in total. The van der Waals surface area contributed by atoms with Crippen molar-refractivity contribution in [2.24, 2.45) is 0 Å². The number of H-pyrrole nitrogens is 1. The van der Waals surface area contributed by atoms with Gasteiger partial charge in [0.1, 0.15) is 0 Å². The number of rotatable bonds is 10. The molecule has 0 aliphatic carbocycles. The first-order valence-electron chi connectivity index (χ1n) is 12.5. The molecule has 2 heterocycles. The van der Waals surface area contributed by atoms with E-state index in [9.17, 15) is 9.59 Å². The summed E-state index contributed by atoms with van der Waals surface area (Å²) in [6.45, 7) is 4.41. The molecule has 1 aliphatic rings. The number of carbonyl (C=O) groups excluding carboxylic acids is 2. The number of aryl methyl sites for hydroxylation is 2. The Balaban J connectivity index is 1.46. The number of nitrogens with one attached hydrogen (secondary N) is 1. The maximum Gasteiger partial charge on any atom is 0.240 e. The molecule has 190 valence electrons. The van der Waals surface area contributed by atoms with Gasteiger partial charge in [-0.3, -0.25) is 14.5 Å². The number of halogens is 1. The molecule has 2 amide bonds. The summed E-state index contributed by atoms with van der Waals surface area (Å²) >= 11 is 6.15. The molecule has 4 rings (SSSR count). The van der Waals surface area contributed by atoms with Gasteiger partial charge >= 0.3 is 0 Å². The Kier molecular flexibility index (Phi) is 8.78. The molecule has 1 N–H and O–H groups in total. The van der Waals surface area contributed by atoms with Crippen LogP contribution in [0.5, 0.6) is 0 Å². The van der Waals surface area contributed by atoms with Gasteiger partial charge < -0.3 is 14.8 Å². The van der Waals surface area contributed by atoms with Crippen LogP contribution in [0.1, 0.15) is 36.1 Å². The number of likely N-dealkylation sites (tertiary alicyclic amines) is 1. The second kappa shape index (κ2) is 12.2. The van der Waals surface area contributed by atoms with Crippen LogP contribution in [0, 0.1) is 6.92 Å². The predicted molar refractivity (Wildman–Crippen MR) is 143 cm³/mol. The van der Waals surface area contributed by atoms with E-state index in [2.05, 4.69) is 33.9 Å². The molecule has 8 heteroatoms. The Bertz CT molecular complexity index is 1170. The van der Waals surface area contributed by atoms with Crippen LogP contribution in [-0.2, 0) is 22.6 Å². The first-order chi connectivity index (χ1) is 17.4. The molecular formula is C28H34ClN5O2. The van der Waals surface area contributed by atoms with Crippen molar-refractivity contribution in [3.63, 3.8) is 0 Å². The summed E-state index contributed by atoms with van der Waals surface area (Å²) in [4.78, 5) is 39.3. The molecule has 36 heavy (non-hydrogen) atoms. The summed E-state index contributed by atoms with van der Waals surface area (Å²) in [5, 5.41) is 0.596. The Labute approximate surface area is 218 Å². The number of carbonyl (C=O) groups is 2. The summed E-state index contributed by atoms with van der Waals surface area (Å²) in [6, 6.07) is 15.7. The minimum absolute atomic E-state index is 0.0130. The number of imidazole rings is 1. The summed E-state index contributed by atoms with van der Waals surface area (Å²) in [7, 11) is 1.78. The number of nitrogens with zero attached hydrogens (tertiary/aromatic N) is 4. The van der Waals surface area contributed by atoms with Gasteiger partial charge in [0.15, 0.2) is 0 Å². The van der Waals surface area contributed by atoms with Gasteiger partial charge in [-0.2, -0.15) is 0 Å². The average Bonchev–Trinajstić information content (AvgIpc) is 3.56. The van der Waals surface area contributed by atoms with Crippen molar-refractivity contribution in [1.82, 2.24) is 19.8 Å². The summed E-state index contributed by atoms with van der Waals surface area (Å²) in [6.07, 6.45) is 6.43. The molecule has 0 radical (unpaired) electrons. The van der Waals surface area contributed by atoms with E-state index in [1.165, 1.54) is 11.1 Å². The predicted octanol–water partition coefficient (Wildman–Crippen LogP) is 4.46. The lowest BCUT2D eigenvalue weighted by Gasteiger charge is -2.32. The van der Waals surface area contributed by atoms with E-state index in [1.54, 1.807) is 36.6 Å². The zero-order valence-electron chi connectivity index (χ0n) is 21.0. The van der Waals surface area contributed by atoms with Crippen molar-refractivity contribution in [2.45, 2.75) is 45.2 Å². The van der Waals surface area contributed by atoms with Crippen LogP contribution in [-0.4, -0.2) is 64.3 Å². The first kappa shape index (κ1) is 25.9.